The molecule has 136 valence electrons. The fourth-order valence-corrected chi connectivity index (χ4v) is 2.98. The Hall–Kier alpha value is -2.28. The lowest BCUT2D eigenvalue weighted by atomic mass is 10.0. The van der Waals surface area contributed by atoms with Crippen molar-refractivity contribution in [3.05, 3.63) is 29.3 Å². The van der Waals surface area contributed by atoms with Gasteiger partial charge in [-0.05, 0) is 57.0 Å². The summed E-state index contributed by atoms with van der Waals surface area (Å²) in [5.41, 5.74) is 2.80. The molecule has 1 fully saturated rings. The molecule has 0 spiro atoms. The van der Waals surface area contributed by atoms with Crippen molar-refractivity contribution in [3.8, 4) is 0 Å². The van der Waals surface area contributed by atoms with Crippen molar-refractivity contribution in [2.24, 2.45) is 0 Å². The van der Waals surface area contributed by atoms with E-state index in [1.807, 2.05) is 12.1 Å². The van der Waals surface area contributed by atoms with Gasteiger partial charge >= 0.3 is 12.2 Å². The molecule has 3 rings (SSSR count). The first-order valence-corrected chi connectivity index (χ1v) is 8.59. The highest BCUT2D eigenvalue weighted by molar-refractivity contribution is 5.90. The Kier molecular flexibility index (Phi) is 4.85. The molecule has 2 heterocycles. The van der Waals surface area contributed by atoms with E-state index in [0.717, 1.165) is 25.2 Å². The third kappa shape index (κ3) is 4.42. The van der Waals surface area contributed by atoms with Crippen LogP contribution in [0.1, 0.15) is 31.9 Å². The number of amides is 2. The lowest BCUT2D eigenvalue weighted by Crippen LogP contribution is -2.38. The molecule has 0 saturated carbocycles. The summed E-state index contributed by atoms with van der Waals surface area (Å²) < 4.78 is 10.5. The van der Waals surface area contributed by atoms with Gasteiger partial charge in [-0.15, -0.1) is 0 Å². The molecule has 0 aliphatic carbocycles. The molecule has 1 atom stereocenters. The predicted octanol–water partition coefficient (Wildman–Crippen LogP) is 2.18. The monoisotopic (exact) mass is 347 g/mol. The average Bonchev–Trinajstić information content (AvgIpc) is 2.92. The molecule has 1 aromatic carbocycles. The molecule has 7 nitrogen and oxygen atoms in total. The maximum absolute atomic E-state index is 12.2. The van der Waals surface area contributed by atoms with E-state index in [2.05, 4.69) is 16.7 Å². The minimum absolute atomic E-state index is 0.226. The Balaban J connectivity index is 1.58. The minimum atomic E-state index is -0.556. The summed E-state index contributed by atoms with van der Waals surface area (Å²) in [5, 5.41) is 5.98. The zero-order valence-corrected chi connectivity index (χ0v) is 14.9. The second kappa shape index (κ2) is 6.92. The van der Waals surface area contributed by atoms with Crippen LogP contribution in [0.3, 0.4) is 0 Å². The zero-order valence-electron chi connectivity index (χ0n) is 14.9. The average molecular weight is 347 g/mol. The summed E-state index contributed by atoms with van der Waals surface area (Å²) in [6.07, 6.45) is -0.293. The van der Waals surface area contributed by atoms with Crippen molar-refractivity contribution >= 4 is 17.9 Å². The fraction of sp³-hybridized carbons (Fsp3) is 0.556. The fourth-order valence-electron chi connectivity index (χ4n) is 2.98. The number of hydrogen-bond donors (Lipinski definition) is 2. The Morgan fingerprint density at radius 2 is 2.20 bits per heavy atom. The Labute approximate surface area is 147 Å². The standard InChI is InChI=1S/C18H25N3O4/c1-18(2,3)25-16(22)20-10-15-11-21(17(23)24-15)14-5-4-12-6-7-19-9-13(12)8-14/h4-5,8,15,19H,6-7,9-11H2,1-3H3,(H,20,22)/t15-/m0/s1. The van der Waals surface area contributed by atoms with Gasteiger partial charge in [-0.3, -0.25) is 4.90 Å². The third-order valence-corrected chi connectivity index (χ3v) is 4.14. The Morgan fingerprint density at radius 1 is 1.40 bits per heavy atom. The first-order chi connectivity index (χ1) is 11.8. The highest BCUT2D eigenvalue weighted by atomic mass is 16.6. The zero-order chi connectivity index (χ0) is 18.0. The van der Waals surface area contributed by atoms with Crippen molar-refractivity contribution in [1.82, 2.24) is 10.6 Å². The number of cyclic esters (lactones) is 1. The number of rotatable bonds is 3. The van der Waals surface area contributed by atoms with Gasteiger partial charge in [0.15, 0.2) is 0 Å². The van der Waals surface area contributed by atoms with Gasteiger partial charge in [0.25, 0.3) is 0 Å². The lowest BCUT2D eigenvalue weighted by Gasteiger charge is -2.21. The van der Waals surface area contributed by atoms with E-state index in [1.54, 1.807) is 25.7 Å². The number of alkyl carbamates (subject to hydrolysis) is 1. The van der Waals surface area contributed by atoms with E-state index >= 15 is 0 Å². The van der Waals surface area contributed by atoms with Gasteiger partial charge in [0.05, 0.1) is 13.1 Å². The van der Waals surface area contributed by atoms with Gasteiger partial charge in [0, 0.05) is 12.2 Å². The molecular formula is C18H25N3O4. The molecule has 2 aliphatic rings. The van der Waals surface area contributed by atoms with Gasteiger partial charge in [-0.1, -0.05) is 6.07 Å². The quantitative estimate of drug-likeness (QED) is 0.876. The number of carbonyl (C=O) groups excluding carboxylic acids is 2. The van der Waals surface area contributed by atoms with E-state index in [9.17, 15) is 9.59 Å². The van der Waals surface area contributed by atoms with Gasteiger partial charge in [0.1, 0.15) is 11.7 Å². The molecular weight excluding hydrogens is 322 g/mol. The largest absolute Gasteiger partial charge is 0.444 e. The van der Waals surface area contributed by atoms with Crippen LogP contribution in [0.25, 0.3) is 0 Å². The van der Waals surface area contributed by atoms with Crippen LogP contribution in [0.2, 0.25) is 0 Å². The molecule has 25 heavy (non-hydrogen) atoms. The van der Waals surface area contributed by atoms with Crippen LogP contribution >= 0.6 is 0 Å². The van der Waals surface area contributed by atoms with E-state index in [1.165, 1.54) is 11.1 Å². The summed E-state index contributed by atoms with van der Waals surface area (Å²) in [4.78, 5) is 25.5. The van der Waals surface area contributed by atoms with Crippen LogP contribution in [-0.2, 0) is 22.4 Å². The molecule has 0 unspecified atom stereocenters. The van der Waals surface area contributed by atoms with Gasteiger partial charge in [-0.25, -0.2) is 9.59 Å². The number of nitrogens with one attached hydrogen (secondary N) is 2. The normalized spacial score (nSPS) is 20.0. The van der Waals surface area contributed by atoms with Crippen molar-refractivity contribution < 1.29 is 19.1 Å². The molecule has 1 saturated heterocycles. The minimum Gasteiger partial charge on any atom is -0.444 e. The van der Waals surface area contributed by atoms with Crippen molar-refractivity contribution in [2.75, 3.05) is 24.5 Å². The number of anilines is 1. The molecule has 2 amide bonds. The highest BCUT2D eigenvalue weighted by Gasteiger charge is 2.33. The molecule has 1 aromatic rings. The Bertz CT molecular complexity index is 669. The van der Waals surface area contributed by atoms with Crippen molar-refractivity contribution in [3.63, 3.8) is 0 Å². The van der Waals surface area contributed by atoms with Crippen LogP contribution in [-0.4, -0.2) is 43.5 Å². The van der Waals surface area contributed by atoms with E-state index in [4.69, 9.17) is 9.47 Å². The second-order valence-electron chi connectivity index (χ2n) is 7.38. The maximum atomic E-state index is 12.2. The number of hydrogen-bond acceptors (Lipinski definition) is 5. The summed E-state index contributed by atoms with van der Waals surface area (Å²) in [5.74, 6) is 0. The smallest absolute Gasteiger partial charge is 0.414 e. The van der Waals surface area contributed by atoms with Crippen LogP contribution in [0.15, 0.2) is 18.2 Å². The number of fused-ring (bicyclic) bond motifs is 1. The molecule has 0 bridgehead atoms. The topological polar surface area (TPSA) is 79.9 Å². The highest BCUT2D eigenvalue weighted by Crippen LogP contribution is 2.25. The number of carbonyl (C=O) groups is 2. The predicted molar refractivity (Wildman–Crippen MR) is 93.7 cm³/mol. The third-order valence-electron chi connectivity index (χ3n) is 4.14. The van der Waals surface area contributed by atoms with E-state index < -0.39 is 17.8 Å². The van der Waals surface area contributed by atoms with Gasteiger partial charge < -0.3 is 20.1 Å². The second-order valence-corrected chi connectivity index (χ2v) is 7.38. The van der Waals surface area contributed by atoms with Gasteiger partial charge in [-0.2, -0.15) is 0 Å². The van der Waals surface area contributed by atoms with Crippen LogP contribution in [0, 0.1) is 0 Å². The number of ether oxygens (including phenoxy) is 2. The first kappa shape index (κ1) is 17.5. The molecule has 2 aliphatic heterocycles. The van der Waals surface area contributed by atoms with Crippen molar-refractivity contribution in [1.29, 1.82) is 0 Å². The molecule has 7 heteroatoms. The summed E-state index contributed by atoms with van der Waals surface area (Å²) in [7, 11) is 0. The Morgan fingerprint density at radius 3 is 2.96 bits per heavy atom. The first-order valence-electron chi connectivity index (χ1n) is 8.59. The summed E-state index contributed by atoms with van der Waals surface area (Å²) in [6, 6.07) is 6.06. The molecule has 0 radical (unpaired) electrons. The SMILES string of the molecule is CC(C)(C)OC(=O)NC[C@H]1CN(c2ccc3c(c2)CNCC3)C(=O)O1. The van der Waals surface area contributed by atoms with Crippen LogP contribution in [0.4, 0.5) is 15.3 Å². The van der Waals surface area contributed by atoms with Crippen LogP contribution in [0.5, 0.6) is 0 Å². The summed E-state index contributed by atoms with van der Waals surface area (Å²) in [6.45, 7) is 7.83. The van der Waals surface area contributed by atoms with Gasteiger partial charge in [0.2, 0.25) is 0 Å². The molecule has 0 aromatic heterocycles. The van der Waals surface area contributed by atoms with E-state index in [0.29, 0.717) is 6.54 Å². The van der Waals surface area contributed by atoms with Crippen molar-refractivity contribution in [2.45, 2.75) is 45.4 Å². The lowest BCUT2D eigenvalue weighted by molar-refractivity contribution is 0.0496. The summed E-state index contributed by atoms with van der Waals surface area (Å²) >= 11 is 0. The molecule has 2 N–H and O–H groups in total. The number of nitrogens with zero attached hydrogens (tertiary/aromatic N) is 1. The van der Waals surface area contributed by atoms with E-state index in [-0.39, 0.29) is 12.6 Å². The number of benzene rings is 1. The van der Waals surface area contributed by atoms with Crippen LogP contribution < -0.4 is 15.5 Å². The maximum Gasteiger partial charge on any atom is 0.414 e.